The van der Waals surface area contributed by atoms with Gasteiger partial charge >= 0.3 is 0 Å². The lowest BCUT2D eigenvalue weighted by Crippen LogP contribution is -1.71. The lowest BCUT2D eigenvalue weighted by molar-refractivity contribution is 1.02. The van der Waals surface area contributed by atoms with Gasteiger partial charge in [0, 0.05) is 17.2 Å². The minimum Gasteiger partial charge on any atom is -0.260 e. The zero-order valence-electron chi connectivity index (χ0n) is 5.41. The zero-order chi connectivity index (χ0) is 7.68. The summed E-state index contributed by atoms with van der Waals surface area (Å²) in [5.74, 6) is 0. The van der Waals surface area contributed by atoms with Crippen LogP contribution in [0.2, 0.25) is 0 Å². The number of nitrogens with one attached hydrogen (secondary N) is 1. The molecule has 0 saturated heterocycles. The maximum absolute atomic E-state index is 5.55. The summed E-state index contributed by atoms with van der Waals surface area (Å²) in [5, 5.41) is 8.47. The van der Waals surface area contributed by atoms with E-state index < -0.39 is 0 Å². The summed E-state index contributed by atoms with van der Waals surface area (Å²) in [5.41, 5.74) is 0.774. The largest absolute Gasteiger partial charge is 0.260 e. The van der Waals surface area contributed by atoms with Gasteiger partial charge in [0.25, 0.3) is 0 Å². The number of hydrogen-bond acceptors (Lipinski definition) is 3. The normalized spacial score (nSPS) is 10.6. The number of halogens is 1. The Bertz CT molecular complexity index is 373. The second-order valence-corrected chi connectivity index (χ2v) is 3.01. The summed E-state index contributed by atoms with van der Waals surface area (Å²) < 4.78 is 0. The Labute approximate surface area is 71.7 Å². The van der Waals surface area contributed by atoms with E-state index in [9.17, 15) is 0 Å². The van der Waals surface area contributed by atoms with Crippen LogP contribution in [0.25, 0.3) is 11.0 Å². The van der Waals surface area contributed by atoms with Crippen molar-refractivity contribution in [3.63, 3.8) is 0 Å². The van der Waals surface area contributed by atoms with Crippen LogP contribution < -0.4 is 0 Å². The molecule has 5 heteroatoms. The number of hydrogen-bond donors (Lipinski definition) is 1. The summed E-state index contributed by atoms with van der Waals surface area (Å²) in [6.07, 6.45) is 1.71. The first kappa shape index (κ1) is 6.94. The van der Waals surface area contributed by atoms with Crippen molar-refractivity contribution in [1.29, 1.82) is 0 Å². The summed E-state index contributed by atoms with van der Waals surface area (Å²) in [4.78, 5) is 4.06. The Hall–Kier alpha value is -0.740. The van der Waals surface area contributed by atoms with E-state index in [0.717, 1.165) is 27.0 Å². The average molecular weight is 186 g/mol. The van der Waals surface area contributed by atoms with Gasteiger partial charge in [0.2, 0.25) is 0 Å². The fourth-order valence-electron chi connectivity index (χ4n) is 0.890. The highest BCUT2D eigenvalue weighted by atomic mass is 35.7. The molecule has 2 rings (SSSR count). The summed E-state index contributed by atoms with van der Waals surface area (Å²) in [6.45, 7) is 0. The topological polar surface area (TPSA) is 41.6 Å². The first-order valence-corrected chi connectivity index (χ1v) is 4.64. The van der Waals surface area contributed by atoms with Crippen molar-refractivity contribution in [1.82, 2.24) is 15.2 Å². The predicted molar refractivity (Wildman–Crippen MR) is 45.6 cm³/mol. The van der Waals surface area contributed by atoms with Gasteiger partial charge in [-0.25, -0.2) is 4.98 Å². The number of nitrogens with zero attached hydrogens (tertiary/aromatic N) is 2. The van der Waals surface area contributed by atoms with E-state index in [1.165, 1.54) is 0 Å². The average Bonchev–Trinajstić information content (AvgIpc) is 2.47. The molecule has 2 aromatic heterocycles. The number of rotatable bonds is 1. The molecule has 0 aliphatic heterocycles. The smallest absolute Gasteiger partial charge is 0.156 e. The Kier molecular flexibility index (Phi) is 1.71. The van der Waals surface area contributed by atoms with Crippen LogP contribution in [-0.4, -0.2) is 15.2 Å². The maximum Gasteiger partial charge on any atom is 0.156 e. The molecule has 2 heterocycles. The third-order valence-electron chi connectivity index (χ3n) is 1.37. The zero-order valence-corrected chi connectivity index (χ0v) is 6.99. The lowest BCUT2D eigenvalue weighted by atomic mass is 10.4. The highest BCUT2D eigenvalue weighted by molar-refractivity contribution is 8.21. The molecule has 1 N–H and O–H groups in total. The molecule has 0 amide bonds. The molecule has 0 bridgehead atoms. The maximum atomic E-state index is 5.55. The van der Waals surface area contributed by atoms with E-state index in [4.69, 9.17) is 10.7 Å². The van der Waals surface area contributed by atoms with Gasteiger partial charge in [0.15, 0.2) is 5.65 Å². The second-order valence-electron chi connectivity index (χ2n) is 2.01. The molecule has 0 fully saturated rings. The van der Waals surface area contributed by atoms with Crippen LogP contribution in [0.5, 0.6) is 0 Å². The van der Waals surface area contributed by atoms with E-state index in [0.29, 0.717) is 0 Å². The highest BCUT2D eigenvalue weighted by Crippen LogP contribution is 2.26. The number of aromatic amines is 1. The fourth-order valence-corrected chi connectivity index (χ4v) is 1.57. The van der Waals surface area contributed by atoms with Crippen LogP contribution in [0.3, 0.4) is 0 Å². The number of aromatic nitrogens is 3. The molecule has 0 aliphatic rings. The van der Waals surface area contributed by atoms with Crippen molar-refractivity contribution in [2.45, 2.75) is 5.03 Å². The van der Waals surface area contributed by atoms with Crippen molar-refractivity contribution >= 4 is 32.7 Å². The van der Waals surface area contributed by atoms with Crippen LogP contribution in [0, 0.1) is 0 Å². The molecule has 0 radical (unpaired) electrons. The van der Waals surface area contributed by atoms with Gasteiger partial charge in [-0.3, -0.25) is 5.10 Å². The molecule has 56 valence electrons. The molecule has 11 heavy (non-hydrogen) atoms. The molecular formula is C6H4ClN3S. The second kappa shape index (κ2) is 2.71. The number of pyridine rings is 1. The number of H-pyrrole nitrogens is 1. The van der Waals surface area contributed by atoms with E-state index in [1.54, 1.807) is 6.20 Å². The summed E-state index contributed by atoms with van der Waals surface area (Å²) >= 11 is 0. The van der Waals surface area contributed by atoms with Crippen LogP contribution >= 0.6 is 21.7 Å². The number of fused-ring (bicyclic) bond motifs is 1. The molecule has 0 aliphatic carbocycles. The summed E-state index contributed by atoms with van der Waals surface area (Å²) in [7, 11) is 6.65. The quantitative estimate of drug-likeness (QED) is 0.741. The third kappa shape index (κ3) is 1.08. The molecular weight excluding hydrogens is 182 g/mol. The van der Waals surface area contributed by atoms with Crippen molar-refractivity contribution in [2.24, 2.45) is 0 Å². The Balaban J connectivity index is 2.76. The SMILES string of the molecule is ClSc1n[nH]c2ncccc12. The van der Waals surface area contributed by atoms with Crippen LogP contribution in [0.1, 0.15) is 0 Å². The van der Waals surface area contributed by atoms with Crippen molar-refractivity contribution < 1.29 is 0 Å². The molecule has 0 aromatic carbocycles. The first-order chi connectivity index (χ1) is 5.42. The van der Waals surface area contributed by atoms with E-state index in [2.05, 4.69) is 15.2 Å². The van der Waals surface area contributed by atoms with Crippen LogP contribution in [0.15, 0.2) is 23.4 Å². The molecule has 0 spiro atoms. The van der Waals surface area contributed by atoms with Gasteiger partial charge in [-0.15, -0.1) is 0 Å². The van der Waals surface area contributed by atoms with Crippen molar-refractivity contribution in [3.05, 3.63) is 18.3 Å². The Morgan fingerprint density at radius 1 is 1.55 bits per heavy atom. The van der Waals surface area contributed by atoms with E-state index in [-0.39, 0.29) is 0 Å². The minimum absolute atomic E-state index is 0.773. The van der Waals surface area contributed by atoms with E-state index >= 15 is 0 Å². The van der Waals surface area contributed by atoms with Crippen LogP contribution in [-0.2, 0) is 0 Å². The standard InChI is InChI=1S/C6H4ClN3S/c7-11-6-4-2-1-3-8-5(4)9-10-6/h1-3H,(H,8,9,10). The molecule has 0 atom stereocenters. The van der Waals surface area contributed by atoms with Gasteiger partial charge in [0.1, 0.15) is 5.03 Å². The summed E-state index contributed by atoms with van der Waals surface area (Å²) in [6, 6.07) is 3.78. The predicted octanol–water partition coefficient (Wildman–Crippen LogP) is 2.20. The van der Waals surface area contributed by atoms with Gasteiger partial charge in [-0.1, -0.05) is 0 Å². The lowest BCUT2D eigenvalue weighted by Gasteiger charge is -1.85. The van der Waals surface area contributed by atoms with Gasteiger partial charge < -0.3 is 0 Å². The molecule has 3 nitrogen and oxygen atoms in total. The van der Waals surface area contributed by atoms with Crippen molar-refractivity contribution in [2.75, 3.05) is 0 Å². The fraction of sp³-hybridized carbons (Fsp3) is 0. The third-order valence-corrected chi connectivity index (χ3v) is 2.27. The Morgan fingerprint density at radius 3 is 3.27 bits per heavy atom. The highest BCUT2D eigenvalue weighted by Gasteiger charge is 2.03. The monoisotopic (exact) mass is 185 g/mol. The molecule has 2 aromatic rings. The van der Waals surface area contributed by atoms with Gasteiger partial charge in [0.05, 0.1) is 5.39 Å². The van der Waals surface area contributed by atoms with Gasteiger partial charge in [-0.2, -0.15) is 5.10 Å². The minimum atomic E-state index is 0.773. The molecule has 0 saturated carbocycles. The Morgan fingerprint density at radius 2 is 2.45 bits per heavy atom. The van der Waals surface area contributed by atoms with E-state index in [1.807, 2.05) is 12.1 Å². The van der Waals surface area contributed by atoms with Gasteiger partial charge in [-0.05, 0) is 22.8 Å². The molecule has 0 unspecified atom stereocenters. The van der Waals surface area contributed by atoms with Crippen LogP contribution in [0.4, 0.5) is 0 Å². The first-order valence-electron chi connectivity index (χ1n) is 2.99. The van der Waals surface area contributed by atoms with Crippen molar-refractivity contribution in [3.8, 4) is 0 Å².